The molecule has 102 valence electrons. The molecule has 5 rings (SSSR count). The minimum absolute atomic E-state index is 0.0906. The number of nitrogens with one attached hydrogen (secondary N) is 2. The number of aromatic amines is 2. The van der Waals surface area contributed by atoms with Gasteiger partial charge in [0.1, 0.15) is 0 Å². The fourth-order valence-corrected chi connectivity index (χ4v) is 5.45. The van der Waals surface area contributed by atoms with Gasteiger partial charge in [-0.2, -0.15) is 0 Å². The van der Waals surface area contributed by atoms with E-state index >= 15 is 0 Å². The van der Waals surface area contributed by atoms with Crippen LogP contribution in [0.2, 0.25) is 0 Å². The normalized spacial score (nSPS) is 43.6. The van der Waals surface area contributed by atoms with Crippen molar-refractivity contribution in [2.24, 2.45) is 17.6 Å². The summed E-state index contributed by atoms with van der Waals surface area (Å²) in [5.74, 6) is 1.30. The molecule has 0 spiro atoms. The largest absolute Gasteiger partial charge is 0.325 e. The summed E-state index contributed by atoms with van der Waals surface area (Å²) in [7, 11) is 0. The predicted molar refractivity (Wildman–Crippen MR) is 71.0 cm³/mol. The van der Waals surface area contributed by atoms with Crippen LogP contribution in [0.15, 0.2) is 15.8 Å². The molecule has 0 radical (unpaired) electrons. The Labute approximate surface area is 110 Å². The summed E-state index contributed by atoms with van der Waals surface area (Å²) in [6.45, 7) is 0. The van der Waals surface area contributed by atoms with Crippen LogP contribution in [-0.2, 0) is 5.41 Å². The summed E-state index contributed by atoms with van der Waals surface area (Å²) in [6.07, 6.45) is 8.09. The maximum Gasteiger partial charge on any atom is 0.325 e. The number of hydrogen-bond acceptors (Lipinski definition) is 3. The van der Waals surface area contributed by atoms with Crippen molar-refractivity contribution >= 4 is 0 Å². The number of aromatic nitrogens is 2. The molecule has 4 N–H and O–H groups in total. The first kappa shape index (κ1) is 11.5. The number of nitrogens with two attached hydrogens (primary N) is 1. The standard InChI is InChI=1S/C14H19N3O2/c15-14-4-8-1-9(5-14)3-13(2-8,7-14)10-6-16-12(19)17-11(10)18/h6,8-9H,1-5,7,15H2,(H2,16,17,18,19)/t8-,9+,13?,14?. The van der Waals surface area contributed by atoms with Gasteiger partial charge in [0.2, 0.25) is 0 Å². The zero-order chi connectivity index (χ0) is 13.3. The van der Waals surface area contributed by atoms with Crippen molar-refractivity contribution in [1.29, 1.82) is 0 Å². The molecule has 0 saturated heterocycles. The molecule has 19 heavy (non-hydrogen) atoms. The zero-order valence-electron chi connectivity index (χ0n) is 10.9. The molecule has 2 unspecified atom stereocenters. The maximum absolute atomic E-state index is 12.1. The van der Waals surface area contributed by atoms with Crippen molar-refractivity contribution in [3.63, 3.8) is 0 Å². The predicted octanol–water partition coefficient (Wildman–Crippen LogP) is 0.612. The molecule has 4 atom stereocenters. The van der Waals surface area contributed by atoms with Crippen LogP contribution in [0.25, 0.3) is 0 Å². The van der Waals surface area contributed by atoms with E-state index in [9.17, 15) is 9.59 Å². The third kappa shape index (κ3) is 1.57. The van der Waals surface area contributed by atoms with Gasteiger partial charge in [-0.25, -0.2) is 4.79 Å². The van der Waals surface area contributed by atoms with E-state index in [-0.39, 0.29) is 16.5 Å². The first-order valence-electron chi connectivity index (χ1n) is 7.10. The van der Waals surface area contributed by atoms with Gasteiger partial charge in [-0.1, -0.05) is 0 Å². The Balaban J connectivity index is 1.86. The smallest absolute Gasteiger partial charge is 0.325 e. The highest BCUT2D eigenvalue weighted by Gasteiger charge is 2.57. The lowest BCUT2D eigenvalue weighted by molar-refractivity contribution is -0.0234. The number of H-pyrrole nitrogens is 2. The van der Waals surface area contributed by atoms with Crippen LogP contribution in [0.3, 0.4) is 0 Å². The van der Waals surface area contributed by atoms with E-state index in [1.54, 1.807) is 6.20 Å². The fourth-order valence-electron chi connectivity index (χ4n) is 5.45. The van der Waals surface area contributed by atoms with Crippen LogP contribution in [0.4, 0.5) is 0 Å². The quantitative estimate of drug-likeness (QED) is 0.691. The lowest BCUT2D eigenvalue weighted by Crippen LogP contribution is -2.62. The van der Waals surface area contributed by atoms with Crippen molar-refractivity contribution in [3.8, 4) is 0 Å². The summed E-state index contributed by atoms with van der Waals surface area (Å²) >= 11 is 0. The van der Waals surface area contributed by atoms with Gasteiger partial charge < -0.3 is 10.7 Å². The van der Waals surface area contributed by atoms with Crippen molar-refractivity contribution < 1.29 is 0 Å². The molecule has 4 aliphatic rings. The Kier molecular flexibility index (Phi) is 2.05. The Morgan fingerprint density at radius 1 is 1.16 bits per heavy atom. The van der Waals surface area contributed by atoms with Crippen LogP contribution in [0, 0.1) is 11.8 Å². The Hall–Kier alpha value is -1.36. The molecule has 4 saturated carbocycles. The molecular weight excluding hydrogens is 242 g/mol. The van der Waals surface area contributed by atoms with Gasteiger partial charge in [-0.3, -0.25) is 9.78 Å². The first-order valence-corrected chi connectivity index (χ1v) is 7.10. The van der Waals surface area contributed by atoms with Crippen LogP contribution in [0.1, 0.15) is 44.1 Å². The Morgan fingerprint density at radius 2 is 1.84 bits per heavy atom. The fraction of sp³-hybridized carbons (Fsp3) is 0.714. The van der Waals surface area contributed by atoms with Gasteiger partial charge in [0, 0.05) is 22.7 Å². The van der Waals surface area contributed by atoms with Crippen LogP contribution < -0.4 is 17.0 Å². The highest BCUT2D eigenvalue weighted by atomic mass is 16.2. The van der Waals surface area contributed by atoms with Crippen molar-refractivity contribution in [2.45, 2.75) is 49.5 Å². The van der Waals surface area contributed by atoms with Crippen molar-refractivity contribution in [1.82, 2.24) is 9.97 Å². The van der Waals surface area contributed by atoms with Gasteiger partial charge in [0.25, 0.3) is 5.56 Å². The summed E-state index contributed by atoms with van der Waals surface area (Å²) in [6, 6.07) is 0. The van der Waals surface area contributed by atoms with E-state index in [4.69, 9.17) is 5.73 Å². The van der Waals surface area contributed by atoms with Crippen LogP contribution in [-0.4, -0.2) is 15.5 Å². The molecular formula is C14H19N3O2. The van der Waals surface area contributed by atoms with Gasteiger partial charge >= 0.3 is 5.69 Å². The van der Waals surface area contributed by atoms with E-state index in [1.165, 1.54) is 6.42 Å². The SMILES string of the molecule is NC12C[C@H]3C[C@@H](C1)CC(c1c[nH]c(=O)[nH]c1=O)(C3)C2. The molecule has 5 nitrogen and oxygen atoms in total. The van der Waals surface area contributed by atoms with Gasteiger partial charge in [-0.05, 0) is 50.4 Å². The van der Waals surface area contributed by atoms with Crippen LogP contribution >= 0.6 is 0 Å². The van der Waals surface area contributed by atoms with E-state index < -0.39 is 5.69 Å². The summed E-state index contributed by atoms with van der Waals surface area (Å²) in [5.41, 5.74) is 6.44. The maximum atomic E-state index is 12.1. The summed E-state index contributed by atoms with van der Waals surface area (Å²) < 4.78 is 0. The van der Waals surface area contributed by atoms with E-state index in [1.807, 2.05) is 0 Å². The van der Waals surface area contributed by atoms with Gasteiger partial charge in [-0.15, -0.1) is 0 Å². The second-order valence-electron chi connectivity index (χ2n) is 7.09. The topological polar surface area (TPSA) is 91.7 Å². The molecule has 1 aromatic rings. The molecule has 0 aromatic carbocycles. The van der Waals surface area contributed by atoms with E-state index in [2.05, 4.69) is 9.97 Å². The molecule has 5 heteroatoms. The molecule has 4 bridgehead atoms. The lowest BCUT2D eigenvalue weighted by Gasteiger charge is -2.60. The molecule has 0 aliphatic heterocycles. The zero-order valence-corrected chi connectivity index (χ0v) is 10.9. The highest BCUT2D eigenvalue weighted by molar-refractivity contribution is 5.27. The summed E-state index contributed by atoms with van der Waals surface area (Å²) in [4.78, 5) is 28.3. The average molecular weight is 261 g/mol. The minimum atomic E-state index is -0.430. The van der Waals surface area contributed by atoms with Crippen molar-refractivity contribution in [2.75, 3.05) is 0 Å². The number of hydrogen-bond donors (Lipinski definition) is 3. The average Bonchev–Trinajstić information content (AvgIpc) is 2.24. The Morgan fingerprint density at radius 3 is 2.42 bits per heavy atom. The first-order chi connectivity index (χ1) is 8.98. The lowest BCUT2D eigenvalue weighted by atomic mass is 9.46. The molecule has 1 heterocycles. The highest BCUT2D eigenvalue weighted by Crippen LogP contribution is 2.60. The monoisotopic (exact) mass is 261 g/mol. The van der Waals surface area contributed by atoms with Gasteiger partial charge in [0.15, 0.2) is 0 Å². The number of rotatable bonds is 1. The third-order valence-electron chi connectivity index (χ3n) is 5.50. The molecule has 4 aliphatic carbocycles. The van der Waals surface area contributed by atoms with E-state index in [0.717, 1.165) is 37.7 Å². The minimum Gasteiger partial charge on any atom is -0.325 e. The Bertz CT molecular complexity index is 631. The van der Waals surface area contributed by atoms with Crippen molar-refractivity contribution in [3.05, 3.63) is 32.6 Å². The second-order valence-corrected chi connectivity index (χ2v) is 7.09. The molecule has 0 amide bonds. The molecule has 4 fully saturated rings. The van der Waals surface area contributed by atoms with Gasteiger partial charge in [0.05, 0.1) is 0 Å². The third-order valence-corrected chi connectivity index (χ3v) is 5.50. The van der Waals surface area contributed by atoms with E-state index in [0.29, 0.717) is 11.8 Å². The second kappa shape index (κ2) is 3.39. The van der Waals surface area contributed by atoms with Crippen LogP contribution in [0.5, 0.6) is 0 Å². The molecule has 1 aromatic heterocycles. The summed E-state index contributed by atoms with van der Waals surface area (Å²) in [5, 5.41) is 0.